The van der Waals surface area contributed by atoms with Gasteiger partial charge in [-0.3, -0.25) is 4.79 Å². The molecule has 1 N–H and O–H groups in total. The number of halogens is 1. The van der Waals surface area contributed by atoms with Crippen molar-refractivity contribution in [3.63, 3.8) is 0 Å². The third-order valence-electron chi connectivity index (χ3n) is 2.93. The van der Waals surface area contributed by atoms with Gasteiger partial charge in [-0.25, -0.2) is 0 Å². The number of nitrogens with one attached hydrogen (secondary N) is 1. The molecule has 0 bridgehead atoms. The highest BCUT2D eigenvalue weighted by atomic mass is 79.9. The van der Waals surface area contributed by atoms with Crippen molar-refractivity contribution in [2.24, 2.45) is 0 Å². The van der Waals surface area contributed by atoms with Crippen LogP contribution >= 0.6 is 15.9 Å². The van der Waals surface area contributed by atoms with Crippen molar-refractivity contribution in [3.05, 3.63) is 22.6 Å². The molecule has 0 aliphatic carbocycles. The first-order chi connectivity index (χ1) is 8.25. The molecule has 2 rings (SSSR count). The highest BCUT2D eigenvalue weighted by Gasteiger charge is 2.12. The minimum atomic E-state index is -0.142. The van der Waals surface area contributed by atoms with E-state index < -0.39 is 0 Å². The number of nitrogens with zero attached hydrogens (tertiary/aromatic N) is 1. The van der Waals surface area contributed by atoms with Gasteiger partial charge in [0, 0.05) is 6.54 Å². The summed E-state index contributed by atoms with van der Waals surface area (Å²) in [6.07, 6.45) is 3.62. The molecule has 94 valence electrons. The minimum absolute atomic E-state index is 0.142. The average Bonchev–Trinajstić information content (AvgIpc) is 2.95. The first kappa shape index (κ1) is 12.6. The Morgan fingerprint density at radius 2 is 2.18 bits per heavy atom. The summed E-state index contributed by atoms with van der Waals surface area (Å²) < 4.78 is 5.75. The maximum atomic E-state index is 11.6. The zero-order valence-electron chi connectivity index (χ0n) is 9.75. The van der Waals surface area contributed by atoms with E-state index in [9.17, 15) is 4.79 Å². The minimum Gasteiger partial charge on any atom is -0.444 e. The van der Waals surface area contributed by atoms with Crippen LogP contribution in [0.15, 0.2) is 21.2 Å². The Hall–Kier alpha value is -0.810. The predicted octanol–water partition coefficient (Wildman–Crippen LogP) is 2.26. The molecule has 4 nitrogen and oxygen atoms in total. The van der Waals surface area contributed by atoms with Gasteiger partial charge in [-0.05, 0) is 67.0 Å². The van der Waals surface area contributed by atoms with Gasteiger partial charge in [0.1, 0.15) is 0 Å². The maximum absolute atomic E-state index is 11.6. The number of carbonyl (C=O) groups is 1. The Kier molecular flexibility index (Phi) is 4.62. The monoisotopic (exact) mass is 300 g/mol. The molecule has 1 aliphatic rings. The molecule has 0 aromatic carbocycles. The average molecular weight is 301 g/mol. The number of furan rings is 1. The smallest absolute Gasteiger partial charge is 0.287 e. The number of amides is 1. The maximum Gasteiger partial charge on any atom is 0.287 e. The second-order valence-corrected chi connectivity index (χ2v) is 5.04. The summed E-state index contributed by atoms with van der Waals surface area (Å²) in [5.74, 6) is 0.218. The van der Waals surface area contributed by atoms with Crippen LogP contribution in [-0.2, 0) is 0 Å². The lowest BCUT2D eigenvalue weighted by molar-refractivity contribution is 0.0923. The lowest BCUT2D eigenvalue weighted by Crippen LogP contribution is -2.28. The fraction of sp³-hybridized carbons (Fsp3) is 0.583. The molecule has 0 saturated carbocycles. The predicted molar refractivity (Wildman–Crippen MR) is 69.0 cm³/mol. The Morgan fingerprint density at radius 3 is 2.82 bits per heavy atom. The van der Waals surface area contributed by atoms with Crippen LogP contribution in [0.25, 0.3) is 0 Å². The highest BCUT2D eigenvalue weighted by Crippen LogP contribution is 2.13. The van der Waals surface area contributed by atoms with E-state index in [1.54, 1.807) is 12.1 Å². The first-order valence-corrected chi connectivity index (χ1v) is 6.81. The van der Waals surface area contributed by atoms with Gasteiger partial charge < -0.3 is 14.6 Å². The molecular weight excluding hydrogens is 284 g/mol. The highest BCUT2D eigenvalue weighted by molar-refractivity contribution is 9.10. The van der Waals surface area contributed by atoms with Crippen molar-refractivity contribution in [1.29, 1.82) is 0 Å². The van der Waals surface area contributed by atoms with Crippen molar-refractivity contribution >= 4 is 21.8 Å². The molecular formula is C12H17BrN2O2. The van der Waals surface area contributed by atoms with E-state index in [0.29, 0.717) is 17.0 Å². The third kappa shape index (κ3) is 3.85. The Bertz CT molecular complexity index is 372. The molecule has 2 heterocycles. The van der Waals surface area contributed by atoms with Crippen LogP contribution in [0.2, 0.25) is 0 Å². The largest absolute Gasteiger partial charge is 0.444 e. The van der Waals surface area contributed by atoms with Gasteiger partial charge in [-0.1, -0.05) is 0 Å². The van der Waals surface area contributed by atoms with Gasteiger partial charge in [-0.15, -0.1) is 0 Å². The summed E-state index contributed by atoms with van der Waals surface area (Å²) in [4.78, 5) is 14.1. The topological polar surface area (TPSA) is 45.5 Å². The zero-order chi connectivity index (χ0) is 12.1. The van der Waals surface area contributed by atoms with Crippen LogP contribution < -0.4 is 5.32 Å². The van der Waals surface area contributed by atoms with Crippen molar-refractivity contribution in [3.8, 4) is 0 Å². The van der Waals surface area contributed by atoms with Crippen molar-refractivity contribution in [2.75, 3.05) is 26.2 Å². The Morgan fingerprint density at radius 1 is 1.41 bits per heavy atom. The van der Waals surface area contributed by atoms with Crippen LogP contribution in [0.3, 0.4) is 0 Å². The van der Waals surface area contributed by atoms with Crippen LogP contribution in [0.1, 0.15) is 29.8 Å². The molecule has 1 aliphatic heterocycles. The molecule has 5 heteroatoms. The quantitative estimate of drug-likeness (QED) is 0.849. The number of hydrogen-bond donors (Lipinski definition) is 1. The molecule has 0 spiro atoms. The normalized spacial score (nSPS) is 16.3. The van der Waals surface area contributed by atoms with Gasteiger partial charge >= 0.3 is 0 Å². The lowest BCUT2D eigenvalue weighted by atomic mass is 10.3. The molecule has 0 radical (unpaired) electrons. The van der Waals surface area contributed by atoms with Gasteiger partial charge in [0.05, 0.1) is 0 Å². The molecule has 1 aromatic rings. The van der Waals surface area contributed by atoms with E-state index in [-0.39, 0.29) is 5.91 Å². The summed E-state index contributed by atoms with van der Waals surface area (Å²) in [7, 11) is 0. The Labute approximate surface area is 109 Å². The molecule has 0 unspecified atom stereocenters. The second-order valence-electron chi connectivity index (χ2n) is 4.26. The molecule has 1 amide bonds. The SMILES string of the molecule is O=C(NCCCN1CCCC1)c1ccc(Br)o1. The van der Waals surface area contributed by atoms with Crippen LogP contribution in [0, 0.1) is 0 Å². The van der Waals surface area contributed by atoms with E-state index >= 15 is 0 Å². The lowest BCUT2D eigenvalue weighted by Gasteiger charge is -2.13. The molecule has 1 fully saturated rings. The van der Waals surface area contributed by atoms with E-state index in [4.69, 9.17) is 4.42 Å². The number of likely N-dealkylation sites (tertiary alicyclic amines) is 1. The fourth-order valence-corrected chi connectivity index (χ4v) is 2.34. The first-order valence-electron chi connectivity index (χ1n) is 6.01. The number of rotatable bonds is 5. The summed E-state index contributed by atoms with van der Waals surface area (Å²) in [5.41, 5.74) is 0. The number of hydrogen-bond acceptors (Lipinski definition) is 3. The van der Waals surface area contributed by atoms with Gasteiger partial charge in [0.15, 0.2) is 10.4 Å². The van der Waals surface area contributed by atoms with E-state index in [0.717, 1.165) is 13.0 Å². The number of carbonyl (C=O) groups excluding carboxylic acids is 1. The molecule has 1 saturated heterocycles. The zero-order valence-corrected chi connectivity index (χ0v) is 11.3. The van der Waals surface area contributed by atoms with E-state index in [1.165, 1.54) is 25.9 Å². The van der Waals surface area contributed by atoms with Crippen molar-refractivity contribution in [1.82, 2.24) is 10.2 Å². The fourth-order valence-electron chi connectivity index (χ4n) is 2.03. The second kappa shape index (κ2) is 6.21. The van der Waals surface area contributed by atoms with Gasteiger partial charge in [0.25, 0.3) is 5.91 Å². The van der Waals surface area contributed by atoms with E-state index in [2.05, 4.69) is 26.1 Å². The van der Waals surface area contributed by atoms with Crippen LogP contribution in [0.5, 0.6) is 0 Å². The Balaban J connectivity index is 1.63. The van der Waals surface area contributed by atoms with Crippen LogP contribution in [0.4, 0.5) is 0 Å². The van der Waals surface area contributed by atoms with Crippen molar-refractivity contribution < 1.29 is 9.21 Å². The van der Waals surface area contributed by atoms with Gasteiger partial charge in [0.2, 0.25) is 0 Å². The van der Waals surface area contributed by atoms with Gasteiger partial charge in [-0.2, -0.15) is 0 Å². The standard InChI is InChI=1S/C12H17BrN2O2/c13-11-5-4-10(17-11)12(16)14-6-3-9-15-7-1-2-8-15/h4-5H,1-3,6-9H2,(H,14,16). The molecule has 1 aromatic heterocycles. The summed E-state index contributed by atoms with van der Waals surface area (Å²) >= 11 is 3.17. The van der Waals surface area contributed by atoms with Crippen LogP contribution in [-0.4, -0.2) is 37.0 Å². The van der Waals surface area contributed by atoms with Crippen molar-refractivity contribution in [2.45, 2.75) is 19.3 Å². The molecule has 0 atom stereocenters. The summed E-state index contributed by atoms with van der Waals surface area (Å²) in [5, 5.41) is 2.86. The third-order valence-corrected chi connectivity index (χ3v) is 3.36. The molecule has 17 heavy (non-hydrogen) atoms. The summed E-state index contributed by atoms with van der Waals surface area (Å²) in [6, 6.07) is 3.39. The summed E-state index contributed by atoms with van der Waals surface area (Å²) in [6.45, 7) is 4.19. The van der Waals surface area contributed by atoms with E-state index in [1.807, 2.05) is 0 Å².